The molecule has 0 saturated carbocycles. The molecule has 0 heterocycles. The van der Waals surface area contributed by atoms with Gasteiger partial charge in [-0.1, -0.05) is 0 Å². The van der Waals surface area contributed by atoms with Gasteiger partial charge in [0, 0.05) is 5.56 Å². The van der Waals surface area contributed by atoms with Crippen LogP contribution in [-0.4, -0.2) is 16.0 Å². The van der Waals surface area contributed by atoms with Crippen LogP contribution in [0.2, 0.25) is 0 Å². The van der Waals surface area contributed by atoms with Crippen LogP contribution in [-0.2, 0) is 6.61 Å². The lowest BCUT2D eigenvalue weighted by Crippen LogP contribution is -1.98. The highest BCUT2D eigenvalue weighted by atomic mass is 19.1. The van der Waals surface area contributed by atoms with E-state index >= 15 is 0 Å². The third-order valence-electron chi connectivity index (χ3n) is 1.70. The van der Waals surface area contributed by atoms with Crippen LogP contribution in [0.3, 0.4) is 0 Å². The van der Waals surface area contributed by atoms with Gasteiger partial charge in [0.1, 0.15) is 11.6 Å². The van der Waals surface area contributed by atoms with Gasteiger partial charge in [0.05, 0.1) is 12.2 Å². The minimum absolute atomic E-state index is 0.0187. The average molecular weight is 184 g/mol. The van der Waals surface area contributed by atoms with Crippen LogP contribution in [0.25, 0.3) is 0 Å². The summed E-state index contributed by atoms with van der Waals surface area (Å²) < 4.78 is 12.8. The van der Waals surface area contributed by atoms with Gasteiger partial charge in [0.25, 0.3) is 0 Å². The fourth-order valence-corrected chi connectivity index (χ4v) is 1.04. The first-order valence-corrected chi connectivity index (χ1v) is 3.69. The van der Waals surface area contributed by atoms with E-state index in [1.54, 1.807) is 0 Å². The van der Waals surface area contributed by atoms with Gasteiger partial charge in [-0.15, -0.1) is 0 Å². The monoisotopic (exact) mass is 184 g/mol. The number of aliphatic hydroxyl groups is 1. The van der Waals surface area contributed by atoms with E-state index in [9.17, 15) is 14.3 Å². The molecule has 13 heavy (non-hydrogen) atoms. The van der Waals surface area contributed by atoms with Gasteiger partial charge in [-0.2, -0.15) is 0 Å². The summed E-state index contributed by atoms with van der Waals surface area (Å²) in [5.41, 5.74) is -0.0887. The first-order chi connectivity index (χ1) is 6.06. The predicted octanol–water partition coefficient (Wildman–Crippen LogP) is 1.23. The van der Waals surface area contributed by atoms with Crippen molar-refractivity contribution in [1.82, 2.24) is 0 Å². The second kappa shape index (κ2) is 3.53. The Hall–Kier alpha value is -1.42. The molecular weight excluding hydrogens is 175 g/mol. The molecule has 0 bridgehead atoms. The zero-order chi connectivity index (χ0) is 10.0. The van der Waals surface area contributed by atoms with Gasteiger partial charge in [0.15, 0.2) is 5.78 Å². The molecule has 0 atom stereocenters. The number of rotatable bonds is 2. The molecule has 0 saturated heterocycles. The van der Waals surface area contributed by atoms with Crippen LogP contribution in [0.5, 0.6) is 5.75 Å². The quantitative estimate of drug-likeness (QED) is 0.679. The minimum Gasteiger partial charge on any atom is -0.507 e. The van der Waals surface area contributed by atoms with Crippen molar-refractivity contribution < 1.29 is 19.4 Å². The van der Waals surface area contributed by atoms with Crippen LogP contribution >= 0.6 is 0 Å². The molecule has 0 aliphatic rings. The van der Waals surface area contributed by atoms with Crippen molar-refractivity contribution in [3.8, 4) is 5.75 Å². The van der Waals surface area contributed by atoms with Crippen molar-refractivity contribution in [2.45, 2.75) is 13.5 Å². The highest BCUT2D eigenvalue weighted by Gasteiger charge is 2.12. The van der Waals surface area contributed by atoms with Gasteiger partial charge in [-0.3, -0.25) is 4.79 Å². The van der Waals surface area contributed by atoms with Gasteiger partial charge in [-0.25, -0.2) is 4.39 Å². The maximum Gasteiger partial charge on any atom is 0.163 e. The minimum atomic E-state index is -0.646. The number of aromatic hydroxyl groups is 1. The fraction of sp³-hybridized carbons (Fsp3) is 0.222. The number of benzene rings is 1. The Balaban J connectivity index is 3.35. The second-order valence-electron chi connectivity index (χ2n) is 2.68. The van der Waals surface area contributed by atoms with E-state index in [1.165, 1.54) is 6.92 Å². The number of phenols is 1. The Bertz CT molecular complexity index is 347. The first-order valence-electron chi connectivity index (χ1n) is 3.69. The van der Waals surface area contributed by atoms with E-state index in [2.05, 4.69) is 0 Å². The number of hydrogen-bond acceptors (Lipinski definition) is 3. The Morgan fingerprint density at radius 1 is 1.54 bits per heavy atom. The number of aliphatic hydroxyl groups excluding tert-OH is 1. The van der Waals surface area contributed by atoms with E-state index in [-0.39, 0.29) is 16.9 Å². The summed E-state index contributed by atoms with van der Waals surface area (Å²) in [4.78, 5) is 10.9. The molecule has 4 heteroatoms. The Morgan fingerprint density at radius 2 is 2.15 bits per heavy atom. The number of hydrogen-bond donors (Lipinski definition) is 2. The molecular formula is C9H9FO3. The highest BCUT2D eigenvalue weighted by Crippen LogP contribution is 2.24. The van der Waals surface area contributed by atoms with Gasteiger partial charge < -0.3 is 10.2 Å². The zero-order valence-corrected chi connectivity index (χ0v) is 7.04. The molecule has 0 spiro atoms. The first kappa shape index (κ1) is 9.67. The van der Waals surface area contributed by atoms with Crippen LogP contribution < -0.4 is 0 Å². The molecule has 1 rings (SSSR count). The van der Waals surface area contributed by atoms with Gasteiger partial charge in [-0.05, 0) is 19.1 Å². The lowest BCUT2D eigenvalue weighted by atomic mass is 10.1. The summed E-state index contributed by atoms with van der Waals surface area (Å²) in [7, 11) is 0. The molecule has 1 aromatic rings. The third kappa shape index (κ3) is 1.84. The molecule has 2 N–H and O–H groups in total. The number of carbonyl (C=O) groups excluding carboxylic acids is 1. The van der Waals surface area contributed by atoms with Crippen LogP contribution in [0, 0.1) is 5.82 Å². The molecule has 0 amide bonds. The lowest BCUT2D eigenvalue weighted by molar-refractivity contribution is 0.101. The maximum absolute atomic E-state index is 12.8. The van der Waals surface area contributed by atoms with Gasteiger partial charge in [0.2, 0.25) is 0 Å². The van der Waals surface area contributed by atoms with E-state index < -0.39 is 18.2 Å². The Morgan fingerprint density at radius 3 is 2.62 bits per heavy atom. The van der Waals surface area contributed by atoms with Crippen molar-refractivity contribution in [1.29, 1.82) is 0 Å². The Labute approximate surface area is 74.4 Å². The maximum atomic E-state index is 12.8. The number of halogens is 1. The molecule has 0 unspecified atom stereocenters. The summed E-state index contributed by atoms with van der Waals surface area (Å²) >= 11 is 0. The highest BCUT2D eigenvalue weighted by molar-refractivity contribution is 5.97. The number of ketones is 1. The van der Waals surface area contributed by atoms with Gasteiger partial charge >= 0.3 is 0 Å². The van der Waals surface area contributed by atoms with Crippen LogP contribution in [0.15, 0.2) is 12.1 Å². The molecule has 0 aliphatic heterocycles. The fourth-order valence-electron chi connectivity index (χ4n) is 1.04. The standard InChI is InChI=1S/C9H9FO3/c1-5(12)8-3-7(10)2-6(4-11)9(8)13/h2-3,11,13H,4H2,1H3. The van der Waals surface area contributed by atoms with E-state index in [1.807, 2.05) is 0 Å². The molecule has 0 aromatic heterocycles. The average Bonchev–Trinajstić information content (AvgIpc) is 2.08. The van der Waals surface area contributed by atoms with E-state index in [4.69, 9.17) is 5.11 Å². The summed E-state index contributed by atoms with van der Waals surface area (Å²) in [6.45, 7) is 0.722. The molecule has 1 aromatic carbocycles. The lowest BCUT2D eigenvalue weighted by Gasteiger charge is -2.05. The van der Waals surface area contributed by atoms with Crippen molar-refractivity contribution in [3.05, 3.63) is 29.1 Å². The summed E-state index contributed by atoms with van der Waals surface area (Å²) in [5, 5.41) is 18.0. The second-order valence-corrected chi connectivity index (χ2v) is 2.68. The zero-order valence-electron chi connectivity index (χ0n) is 7.04. The number of Topliss-reactive ketones (excluding diaryl/α,β-unsaturated/α-hetero) is 1. The van der Waals surface area contributed by atoms with Crippen LogP contribution in [0.1, 0.15) is 22.8 Å². The normalized spacial score (nSPS) is 10.1. The molecule has 0 fully saturated rings. The van der Waals surface area contributed by atoms with Crippen LogP contribution in [0.4, 0.5) is 4.39 Å². The molecule has 0 aliphatic carbocycles. The topological polar surface area (TPSA) is 57.5 Å². The predicted molar refractivity (Wildman–Crippen MR) is 44.0 cm³/mol. The largest absolute Gasteiger partial charge is 0.507 e. The van der Waals surface area contributed by atoms with E-state index in [0.717, 1.165) is 12.1 Å². The van der Waals surface area contributed by atoms with Crippen molar-refractivity contribution in [2.24, 2.45) is 0 Å². The third-order valence-corrected chi connectivity index (χ3v) is 1.70. The Kier molecular flexibility index (Phi) is 2.63. The van der Waals surface area contributed by atoms with Crippen molar-refractivity contribution in [2.75, 3.05) is 0 Å². The number of carbonyl (C=O) groups is 1. The summed E-state index contributed by atoms with van der Waals surface area (Å²) in [5.74, 6) is -1.44. The molecule has 70 valence electrons. The molecule has 3 nitrogen and oxygen atoms in total. The SMILES string of the molecule is CC(=O)c1cc(F)cc(CO)c1O. The van der Waals surface area contributed by atoms with Crippen molar-refractivity contribution in [3.63, 3.8) is 0 Å². The van der Waals surface area contributed by atoms with Crippen molar-refractivity contribution >= 4 is 5.78 Å². The van der Waals surface area contributed by atoms with E-state index in [0.29, 0.717) is 0 Å². The summed E-state index contributed by atoms with van der Waals surface area (Å²) in [6, 6.07) is 1.93. The molecule has 0 radical (unpaired) electrons. The smallest absolute Gasteiger partial charge is 0.163 e. The summed E-state index contributed by atoms with van der Waals surface area (Å²) in [6.07, 6.45) is 0.